The Labute approximate surface area is 231 Å². The number of hydrogen-bond acceptors (Lipinski definition) is 7. The average Bonchev–Trinajstić information content (AvgIpc) is 3.73. The molecule has 4 rings (SSSR count). The first-order valence-electron chi connectivity index (χ1n) is 13.8. The molecule has 2 heterocycles. The topological polar surface area (TPSA) is 111 Å². The highest BCUT2D eigenvalue weighted by molar-refractivity contribution is 5.86. The summed E-state index contributed by atoms with van der Waals surface area (Å²) in [5.74, 6) is 1.87. The van der Waals surface area contributed by atoms with E-state index in [1.807, 2.05) is 32.6 Å². The van der Waals surface area contributed by atoms with Gasteiger partial charge in [0.05, 0.1) is 5.57 Å². The summed E-state index contributed by atoms with van der Waals surface area (Å²) in [7, 11) is 1.59. The van der Waals surface area contributed by atoms with Gasteiger partial charge in [-0.15, -0.1) is 0 Å². The third-order valence-corrected chi connectivity index (χ3v) is 7.25. The van der Waals surface area contributed by atoms with E-state index in [9.17, 15) is 9.59 Å². The van der Waals surface area contributed by atoms with Gasteiger partial charge in [0.25, 0.3) is 0 Å². The lowest BCUT2D eigenvalue weighted by Crippen LogP contribution is -2.50. The lowest BCUT2D eigenvalue weighted by Gasteiger charge is -2.40. The highest BCUT2D eigenvalue weighted by atomic mass is 16.6. The molecular weight excluding hydrogens is 496 g/mol. The Morgan fingerprint density at radius 3 is 2.46 bits per heavy atom. The largest absolute Gasteiger partial charge is 0.444 e. The molecule has 2 aliphatic heterocycles. The van der Waals surface area contributed by atoms with Gasteiger partial charge in [-0.1, -0.05) is 37.1 Å². The predicted octanol–water partition coefficient (Wildman–Crippen LogP) is 4.53. The van der Waals surface area contributed by atoms with Crippen molar-refractivity contribution in [2.75, 3.05) is 39.8 Å². The summed E-state index contributed by atoms with van der Waals surface area (Å²) in [5, 5.41) is 10.9. The fraction of sp³-hybridized carbons (Fsp3) is 0.586. The third kappa shape index (κ3) is 7.81. The Balaban J connectivity index is 1.36. The molecule has 2 amide bonds. The molecule has 1 unspecified atom stereocenters. The Hall–Kier alpha value is -3.40. The van der Waals surface area contributed by atoms with E-state index in [1.165, 1.54) is 29.5 Å². The van der Waals surface area contributed by atoms with Crippen LogP contribution in [0, 0.1) is 11.3 Å². The number of cyclic esters (lactones) is 1. The number of piperazine rings is 1. The second-order valence-corrected chi connectivity index (χ2v) is 11.6. The number of hydrogen-bond donors (Lipinski definition) is 2. The van der Waals surface area contributed by atoms with Gasteiger partial charge < -0.3 is 25.1 Å². The SMILES string of the molecule is C/C(=N\C1=C(C=N)COC(=O)N1C)NCc1ccc(C(CC2CC2)N2CCN(C(=O)OC(C)(C)C)CC2)cc1. The summed E-state index contributed by atoms with van der Waals surface area (Å²) in [6.45, 7) is 11.2. The maximum atomic E-state index is 12.5. The maximum absolute atomic E-state index is 12.5. The summed E-state index contributed by atoms with van der Waals surface area (Å²) in [4.78, 5) is 34.6. The van der Waals surface area contributed by atoms with Gasteiger partial charge in [-0.3, -0.25) is 9.80 Å². The summed E-state index contributed by atoms with van der Waals surface area (Å²) in [6, 6.07) is 9.09. The fourth-order valence-corrected chi connectivity index (χ4v) is 4.85. The monoisotopic (exact) mass is 538 g/mol. The van der Waals surface area contributed by atoms with Gasteiger partial charge in [-0.05, 0) is 51.2 Å². The Morgan fingerprint density at radius 1 is 1.21 bits per heavy atom. The van der Waals surface area contributed by atoms with Crippen molar-refractivity contribution in [3.05, 3.63) is 46.8 Å². The highest BCUT2D eigenvalue weighted by Crippen LogP contribution is 2.40. The molecule has 2 N–H and O–H groups in total. The minimum atomic E-state index is -0.481. The summed E-state index contributed by atoms with van der Waals surface area (Å²) in [5.41, 5.74) is 2.51. The van der Waals surface area contributed by atoms with Crippen LogP contribution in [0.3, 0.4) is 0 Å². The van der Waals surface area contributed by atoms with Crippen LogP contribution in [-0.4, -0.2) is 84.4 Å². The molecule has 1 saturated heterocycles. The molecule has 1 saturated carbocycles. The van der Waals surface area contributed by atoms with Gasteiger partial charge >= 0.3 is 12.2 Å². The maximum Gasteiger partial charge on any atom is 0.415 e. The molecule has 10 nitrogen and oxygen atoms in total. The zero-order valence-electron chi connectivity index (χ0n) is 23.8. The van der Waals surface area contributed by atoms with Gasteiger partial charge in [-0.25, -0.2) is 14.6 Å². The first kappa shape index (κ1) is 28.6. The highest BCUT2D eigenvalue weighted by Gasteiger charge is 2.33. The predicted molar refractivity (Wildman–Crippen MR) is 151 cm³/mol. The number of amidine groups is 1. The van der Waals surface area contributed by atoms with Gasteiger partial charge in [-0.2, -0.15) is 0 Å². The number of nitrogens with one attached hydrogen (secondary N) is 2. The number of aliphatic imine (C=N–C) groups is 1. The average molecular weight is 539 g/mol. The molecule has 1 atom stereocenters. The molecule has 1 aliphatic carbocycles. The van der Waals surface area contributed by atoms with Crippen molar-refractivity contribution in [2.24, 2.45) is 10.9 Å². The summed E-state index contributed by atoms with van der Waals surface area (Å²) < 4.78 is 10.6. The Bertz CT molecular complexity index is 1110. The van der Waals surface area contributed by atoms with Crippen molar-refractivity contribution in [3.63, 3.8) is 0 Å². The van der Waals surface area contributed by atoms with Crippen LogP contribution in [0.25, 0.3) is 0 Å². The van der Waals surface area contributed by atoms with E-state index in [0.717, 1.165) is 31.0 Å². The normalized spacial score (nSPS) is 20.0. The quantitative estimate of drug-likeness (QED) is 0.372. The smallest absolute Gasteiger partial charge is 0.415 e. The van der Waals surface area contributed by atoms with Gasteiger partial charge in [0, 0.05) is 52.0 Å². The molecule has 0 aromatic heterocycles. The molecule has 2 fully saturated rings. The lowest BCUT2D eigenvalue weighted by atomic mass is 9.97. The number of carbonyl (C=O) groups excluding carboxylic acids is 2. The van der Waals surface area contributed by atoms with Crippen molar-refractivity contribution < 1.29 is 19.1 Å². The Kier molecular flexibility index (Phi) is 8.94. The second-order valence-electron chi connectivity index (χ2n) is 11.6. The van der Waals surface area contributed by atoms with Crippen LogP contribution < -0.4 is 5.32 Å². The van der Waals surface area contributed by atoms with Crippen molar-refractivity contribution in [1.29, 1.82) is 5.41 Å². The minimum absolute atomic E-state index is 0.0539. The van der Waals surface area contributed by atoms with Crippen LogP contribution in [0.5, 0.6) is 0 Å². The van der Waals surface area contributed by atoms with E-state index >= 15 is 0 Å². The minimum Gasteiger partial charge on any atom is -0.444 e. The number of amides is 2. The molecule has 212 valence electrons. The van der Waals surface area contributed by atoms with Crippen molar-refractivity contribution in [1.82, 2.24) is 20.0 Å². The van der Waals surface area contributed by atoms with Crippen molar-refractivity contribution in [2.45, 2.75) is 65.1 Å². The molecule has 10 heteroatoms. The molecule has 0 bridgehead atoms. The van der Waals surface area contributed by atoms with E-state index in [4.69, 9.17) is 14.9 Å². The van der Waals surface area contributed by atoms with Crippen LogP contribution in [0.4, 0.5) is 9.59 Å². The lowest BCUT2D eigenvalue weighted by molar-refractivity contribution is 0.00941. The number of nitrogens with zero attached hydrogens (tertiary/aromatic N) is 4. The zero-order valence-corrected chi connectivity index (χ0v) is 23.8. The second kappa shape index (κ2) is 12.2. The van der Waals surface area contributed by atoms with Gasteiger partial charge in [0.15, 0.2) is 0 Å². The van der Waals surface area contributed by atoms with Crippen LogP contribution in [0.15, 0.2) is 40.7 Å². The van der Waals surface area contributed by atoms with Crippen LogP contribution in [0.1, 0.15) is 64.1 Å². The first-order chi connectivity index (χ1) is 18.5. The van der Waals surface area contributed by atoms with E-state index in [2.05, 4.69) is 39.5 Å². The summed E-state index contributed by atoms with van der Waals surface area (Å²) >= 11 is 0. The van der Waals surface area contributed by atoms with Crippen LogP contribution in [0.2, 0.25) is 0 Å². The third-order valence-electron chi connectivity index (χ3n) is 7.25. The van der Waals surface area contributed by atoms with E-state index in [-0.39, 0.29) is 12.7 Å². The fourth-order valence-electron chi connectivity index (χ4n) is 4.85. The van der Waals surface area contributed by atoms with E-state index < -0.39 is 11.7 Å². The number of rotatable bonds is 8. The molecule has 3 aliphatic rings. The first-order valence-corrected chi connectivity index (χ1v) is 13.8. The van der Waals surface area contributed by atoms with Gasteiger partial charge in [0.2, 0.25) is 0 Å². The zero-order chi connectivity index (χ0) is 28.2. The molecule has 1 aromatic rings. The number of ether oxygens (including phenoxy) is 2. The van der Waals surface area contributed by atoms with E-state index in [0.29, 0.717) is 42.9 Å². The number of benzene rings is 1. The van der Waals surface area contributed by atoms with E-state index in [1.54, 1.807) is 7.05 Å². The molecule has 39 heavy (non-hydrogen) atoms. The summed E-state index contributed by atoms with van der Waals surface area (Å²) in [6.07, 6.45) is 4.22. The Morgan fingerprint density at radius 2 is 1.87 bits per heavy atom. The molecule has 1 aromatic carbocycles. The van der Waals surface area contributed by atoms with Crippen LogP contribution >= 0.6 is 0 Å². The number of carbonyl (C=O) groups is 2. The molecular formula is C29H42N6O4. The van der Waals surface area contributed by atoms with Crippen LogP contribution in [-0.2, 0) is 16.0 Å². The van der Waals surface area contributed by atoms with Gasteiger partial charge in [0.1, 0.15) is 23.9 Å². The molecule has 0 spiro atoms. The van der Waals surface area contributed by atoms with Crippen molar-refractivity contribution >= 4 is 24.2 Å². The standard InChI is InChI=1S/C29H42N6O4/c1-20(32-26-24(17-30)19-38-27(36)33(26)5)31-18-22-8-10-23(11-9-22)25(16-21-6-7-21)34-12-14-35(15-13-34)28(37)39-29(2,3)4/h8-11,17,21,25,30H,6-7,12-16,18-19H2,1-5H3,(H,31,32). The van der Waals surface area contributed by atoms with Crippen molar-refractivity contribution in [3.8, 4) is 0 Å². The molecule has 0 radical (unpaired) electrons.